The van der Waals surface area contributed by atoms with Crippen LogP contribution in [0.2, 0.25) is 0 Å². The van der Waals surface area contributed by atoms with Crippen molar-refractivity contribution >= 4 is 5.97 Å². The van der Waals surface area contributed by atoms with Crippen LogP contribution < -0.4 is 0 Å². The summed E-state index contributed by atoms with van der Waals surface area (Å²) in [5.74, 6) is -0.159. The SMILES string of the molecule is COC(=O)CCN(CCc1cccnc1)CC1CCCO1. The van der Waals surface area contributed by atoms with E-state index in [4.69, 9.17) is 9.47 Å². The fraction of sp³-hybridized carbons (Fsp3) is 0.625. The number of aromatic nitrogens is 1. The van der Waals surface area contributed by atoms with Crippen molar-refractivity contribution in [2.75, 3.05) is 33.4 Å². The van der Waals surface area contributed by atoms with Crippen LogP contribution in [0.5, 0.6) is 0 Å². The molecule has 1 aliphatic rings. The minimum absolute atomic E-state index is 0.159. The molecule has 5 nitrogen and oxygen atoms in total. The summed E-state index contributed by atoms with van der Waals surface area (Å²) in [5, 5.41) is 0. The zero-order valence-corrected chi connectivity index (χ0v) is 12.7. The maximum Gasteiger partial charge on any atom is 0.306 e. The van der Waals surface area contributed by atoms with E-state index in [9.17, 15) is 4.79 Å². The molecule has 0 spiro atoms. The van der Waals surface area contributed by atoms with Crippen molar-refractivity contribution in [2.24, 2.45) is 0 Å². The lowest BCUT2D eigenvalue weighted by Crippen LogP contribution is -2.35. The second-order valence-corrected chi connectivity index (χ2v) is 5.37. The summed E-state index contributed by atoms with van der Waals surface area (Å²) in [5.41, 5.74) is 1.22. The Morgan fingerprint density at radius 2 is 2.43 bits per heavy atom. The van der Waals surface area contributed by atoms with Crippen molar-refractivity contribution < 1.29 is 14.3 Å². The lowest BCUT2D eigenvalue weighted by atomic mass is 10.1. The van der Waals surface area contributed by atoms with Gasteiger partial charge in [-0.1, -0.05) is 6.07 Å². The van der Waals surface area contributed by atoms with E-state index < -0.39 is 0 Å². The Hall–Kier alpha value is -1.46. The van der Waals surface area contributed by atoms with Crippen molar-refractivity contribution in [3.8, 4) is 0 Å². The molecule has 0 aliphatic carbocycles. The van der Waals surface area contributed by atoms with Gasteiger partial charge >= 0.3 is 5.97 Å². The van der Waals surface area contributed by atoms with Gasteiger partial charge in [0.25, 0.3) is 0 Å². The van der Waals surface area contributed by atoms with Crippen LogP contribution in [0.25, 0.3) is 0 Å². The van der Waals surface area contributed by atoms with Crippen LogP contribution in [0.4, 0.5) is 0 Å². The Morgan fingerprint density at radius 3 is 3.10 bits per heavy atom. The number of hydrogen-bond donors (Lipinski definition) is 0. The van der Waals surface area contributed by atoms with Gasteiger partial charge in [-0.25, -0.2) is 0 Å². The van der Waals surface area contributed by atoms with Crippen LogP contribution >= 0.6 is 0 Å². The molecular formula is C16H24N2O3. The summed E-state index contributed by atoms with van der Waals surface area (Å²) in [6.45, 7) is 3.37. The molecule has 1 aromatic rings. The van der Waals surface area contributed by atoms with Crippen LogP contribution in [0.1, 0.15) is 24.8 Å². The molecule has 1 fully saturated rings. The molecule has 116 valence electrons. The first kappa shape index (κ1) is 15.9. The van der Waals surface area contributed by atoms with Crippen molar-refractivity contribution in [3.05, 3.63) is 30.1 Å². The van der Waals surface area contributed by atoms with Gasteiger partial charge < -0.3 is 9.47 Å². The molecule has 1 aliphatic heterocycles. The smallest absolute Gasteiger partial charge is 0.306 e. The van der Waals surface area contributed by atoms with E-state index in [-0.39, 0.29) is 5.97 Å². The second-order valence-electron chi connectivity index (χ2n) is 5.37. The third kappa shape index (κ3) is 5.81. The van der Waals surface area contributed by atoms with E-state index in [1.807, 2.05) is 12.3 Å². The highest BCUT2D eigenvalue weighted by Gasteiger charge is 2.19. The van der Waals surface area contributed by atoms with Gasteiger partial charge in [0, 0.05) is 38.6 Å². The average Bonchev–Trinajstić information content (AvgIpc) is 3.03. The van der Waals surface area contributed by atoms with Gasteiger partial charge in [0.1, 0.15) is 0 Å². The number of carbonyl (C=O) groups excluding carboxylic acids is 1. The molecule has 0 aromatic carbocycles. The van der Waals surface area contributed by atoms with Crippen LogP contribution in [0.15, 0.2) is 24.5 Å². The third-order valence-corrected chi connectivity index (χ3v) is 3.79. The van der Waals surface area contributed by atoms with Gasteiger partial charge in [0.2, 0.25) is 0 Å². The predicted octanol–water partition coefficient (Wildman–Crippen LogP) is 1.67. The fourth-order valence-electron chi connectivity index (χ4n) is 2.56. The Balaban J connectivity index is 1.82. The minimum Gasteiger partial charge on any atom is -0.469 e. The second kappa shape index (κ2) is 8.74. The quantitative estimate of drug-likeness (QED) is 0.682. The van der Waals surface area contributed by atoms with E-state index in [0.717, 1.165) is 39.0 Å². The van der Waals surface area contributed by atoms with Crippen molar-refractivity contribution in [3.63, 3.8) is 0 Å². The third-order valence-electron chi connectivity index (χ3n) is 3.79. The summed E-state index contributed by atoms with van der Waals surface area (Å²) < 4.78 is 10.4. The summed E-state index contributed by atoms with van der Waals surface area (Å²) in [4.78, 5) is 17.8. The summed E-state index contributed by atoms with van der Waals surface area (Å²) in [6.07, 6.45) is 7.59. The van der Waals surface area contributed by atoms with Gasteiger partial charge in [0.05, 0.1) is 19.6 Å². The van der Waals surface area contributed by atoms with E-state index in [2.05, 4.69) is 16.0 Å². The standard InChI is InChI=1S/C16H24N2O3/c1-20-16(19)7-10-18(13-15-5-3-11-21-15)9-6-14-4-2-8-17-12-14/h2,4,8,12,15H,3,5-7,9-11,13H2,1H3. The number of hydrogen-bond acceptors (Lipinski definition) is 5. The van der Waals surface area contributed by atoms with Gasteiger partial charge in [-0.3, -0.25) is 14.7 Å². The molecule has 2 heterocycles. The highest BCUT2D eigenvalue weighted by molar-refractivity contribution is 5.69. The molecule has 0 bridgehead atoms. The van der Waals surface area contributed by atoms with E-state index in [0.29, 0.717) is 19.1 Å². The molecule has 0 radical (unpaired) electrons. The zero-order valence-electron chi connectivity index (χ0n) is 12.7. The van der Waals surface area contributed by atoms with Crippen LogP contribution in [0.3, 0.4) is 0 Å². The molecule has 21 heavy (non-hydrogen) atoms. The molecule has 0 N–H and O–H groups in total. The molecule has 1 aromatic heterocycles. The normalized spacial score (nSPS) is 18.1. The van der Waals surface area contributed by atoms with Gasteiger partial charge in [-0.2, -0.15) is 0 Å². The maximum absolute atomic E-state index is 11.3. The molecular weight excluding hydrogens is 268 g/mol. The molecule has 5 heteroatoms. The molecule has 1 saturated heterocycles. The topological polar surface area (TPSA) is 51.7 Å². The minimum atomic E-state index is -0.159. The number of esters is 1. The first-order chi connectivity index (χ1) is 10.3. The van der Waals surface area contributed by atoms with Crippen molar-refractivity contribution in [2.45, 2.75) is 31.8 Å². The fourth-order valence-corrected chi connectivity index (χ4v) is 2.56. The summed E-state index contributed by atoms with van der Waals surface area (Å²) >= 11 is 0. The van der Waals surface area contributed by atoms with Crippen LogP contribution in [-0.2, 0) is 20.7 Å². The van der Waals surface area contributed by atoms with E-state index >= 15 is 0 Å². The Morgan fingerprint density at radius 1 is 1.52 bits per heavy atom. The van der Waals surface area contributed by atoms with Gasteiger partial charge in [-0.15, -0.1) is 0 Å². The van der Waals surface area contributed by atoms with E-state index in [1.54, 1.807) is 6.20 Å². The van der Waals surface area contributed by atoms with Gasteiger partial charge in [-0.05, 0) is 30.9 Å². The molecule has 0 amide bonds. The molecule has 2 rings (SSSR count). The highest BCUT2D eigenvalue weighted by Crippen LogP contribution is 2.14. The Kier molecular flexibility index (Phi) is 6.63. The number of nitrogens with zero attached hydrogens (tertiary/aromatic N) is 2. The van der Waals surface area contributed by atoms with Crippen molar-refractivity contribution in [1.29, 1.82) is 0 Å². The number of carbonyl (C=O) groups is 1. The molecule has 1 atom stereocenters. The monoisotopic (exact) mass is 292 g/mol. The van der Waals surface area contributed by atoms with Crippen LogP contribution in [-0.4, -0.2) is 55.3 Å². The first-order valence-corrected chi connectivity index (χ1v) is 7.57. The predicted molar refractivity (Wildman–Crippen MR) is 80.0 cm³/mol. The maximum atomic E-state index is 11.3. The van der Waals surface area contributed by atoms with Crippen molar-refractivity contribution in [1.82, 2.24) is 9.88 Å². The first-order valence-electron chi connectivity index (χ1n) is 7.57. The average molecular weight is 292 g/mol. The largest absolute Gasteiger partial charge is 0.469 e. The molecule has 1 unspecified atom stereocenters. The Labute approximate surface area is 126 Å². The zero-order chi connectivity index (χ0) is 14.9. The number of rotatable bonds is 8. The number of methoxy groups -OCH3 is 1. The van der Waals surface area contributed by atoms with Crippen LogP contribution in [0, 0.1) is 0 Å². The number of pyridine rings is 1. The van der Waals surface area contributed by atoms with Gasteiger partial charge in [0.15, 0.2) is 0 Å². The number of ether oxygens (including phenoxy) is 2. The molecule has 0 saturated carbocycles. The lowest BCUT2D eigenvalue weighted by molar-refractivity contribution is -0.141. The summed E-state index contributed by atoms with van der Waals surface area (Å²) in [6, 6.07) is 4.03. The van der Waals surface area contributed by atoms with E-state index in [1.165, 1.54) is 12.7 Å². The lowest BCUT2D eigenvalue weighted by Gasteiger charge is -2.24. The highest BCUT2D eigenvalue weighted by atomic mass is 16.5. The summed E-state index contributed by atoms with van der Waals surface area (Å²) in [7, 11) is 1.43. The Bertz CT molecular complexity index is 419.